The Labute approximate surface area is 110 Å². The largest absolute Gasteiger partial charge is 0.478 e. The monoisotopic (exact) mass is 258 g/mol. The first-order chi connectivity index (χ1) is 9.20. The molecule has 98 valence electrons. The lowest BCUT2D eigenvalue weighted by atomic mass is 10.1. The molecule has 0 unspecified atom stereocenters. The molecule has 0 spiro atoms. The predicted octanol–water partition coefficient (Wildman–Crippen LogP) is 1.88. The van der Waals surface area contributed by atoms with Gasteiger partial charge < -0.3 is 15.5 Å². The Hall–Kier alpha value is -2.40. The number of benzene rings is 1. The number of aliphatic hydroxyl groups is 1. The fourth-order valence-electron chi connectivity index (χ4n) is 1.76. The number of carboxylic acids is 1. The number of nitrogens with one attached hydrogen (secondary N) is 1. The number of nitrogens with zero attached hydrogens (tertiary/aromatic N) is 1. The van der Waals surface area contributed by atoms with E-state index >= 15 is 0 Å². The Balaban J connectivity index is 2.12. The second-order valence-electron chi connectivity index (χ2n) is 4.06. The van der Waals surface area contributed by atoms with Gasteiger partial charge in [-0.25, -0.2) is 4.79 Å². The number of rotatable bonds is 5. The quantitative estimate of drug-likeness (QED) is 0.762. The van der Waals surface area contributed by atoms with E-state index in [-0.39, 0.29) is 12.2 Å². The van der Waals surface area contributed by atoms with Crippen LogP contribution in [-0.4, -0.2) is 21.2 Å². The van der Waals surface area contributed by atoms with Crippen LogP contribution in [0.1, 0.15) is 21.5 Å². The van der Waals surface area contributed by atoms with Crippen molar-refractivity contribution in [2.24, 2.45) is 0 Å². The average molecular weight is 258 g/mol. The van der Waals surface area contributed by atoms with E-state index in [0.717, 1.165) is 11.1 Å². The molecule has 2 rings (SSSR count). The number of hydrogen-bond acceptors (Lipinski definition) is 4. The molecule has 0 bridgehead atoms. The highest BCUT2D eigenvalue weighted by Crippen LogP contribution is 2.15. The third-order valence-corrected chi connectivity index (χ3v) is 2.71. The van der Waals surface area contributed by atoms with Gasteiger partial charge in [0.15, 0.2) is 0 Å². The van der Waals surface area contributed by atoms with Crippen molar-refractivity contribution in [2.75, 3.05) is 5.32 Å². The van der Waals surface area contributed by atoms with Crippen LogP contribution in [0.3, 0.4) is 0 Å². The highest BCUT2D eigenvalue weighted by atomic mass is 16.4. The minimum atomic E-state index is -0.992. The summed E-state index contributed by atoms with van der Waals surface area (Å²) in [5, 5.41) is 21.1. The van der Waals surface area contributed by atoms with Gasteiger partial charge in [-0.05, 0) is 17.2 Å². The molecule has 0 fully saturated rings. The van der Waals surface area contributed by atoms with Gasteiger partial charge in [0.05, 0.1) is 24.1 Å². The summed E-state index contributed by atoms with van der Waals surface area (Å²) in [5.41, 5.74) is 2.45. The van der Waals surface area contributed by atoms with E-state index in [1.54, 1.807) is 0 Å². The lowest BCUT2D eigenvalue weighted by Crippen LogP contribution is -2.07. The standard InChI is InChI=1S/C14H14N2O3/c17-9-11-3-1-2-10(6-11)7-16-13-8-15-5-4-12(13)14(18)19/h1-6,8,16-17H,7,9H2,(H,18,19). The molecule has 5 nitrogen and oxygen atoms in total. The smallest absolute Gasteiger partial charge is 0.337 e. The summed E-state index contributed by atoms with van der Waals surface area (Å²) < 4.78 is 0. The van der Waals surface area contributed by atoms with Gasteiger partial charge in [0, 0.05) is 12.7 Å². The molecular weight excluding hydrogens is 244 g/mol. The molecule has 0 saturated carbocycles. The Morgan fingerprint density at radius 1 is 1.26 bits per heavy atom. The highest BCUT2D eigenvalue weighted by Gasteiger charge is 2.08. The van der Waals surface area contributed by atoms with E-state index in [2.05, 4.69) is 10.3 Å². The summed E-state index contributed by atoms with van der Waals surface area (Å²) in [6, 6.07) is 8.90. The van der Waals surface area contributed by atoms with E-state index in [1.807, 2.05) is 24.3 Å². The number of pyridine rings is 1. The molecule has 0 aliphatic carbocycles. The molecule has 0 radical (unpaired) electrons. The van der Waals surface area contributed by atoms with Gasteiger partial charge in [0.25, 0.3) is 0 Å². The van der Waals surface area contributed by atoms with E-state index in [1.165, 1.54) is 18.5 Å². The zero-order chi connectivity index (χ0) is 13.7. The lowest BCUT2D eigenvalue weighted by Gasteiger charge is -2.09. The summed E-state index contributed by atoms with van der Waals surface area (Å²) in [7, 11) is 0. The molecule has 19 heavy (non-hydrogen) atoms. The molecular formula is C14H14N2O3. The summed E-state index contributed by atoms with van der Waals surface area (Å²) in [5.74, 6) is -0.992. The van der Waals surface area contributed by atoms with Crippen LogP contribution in [-0.2, 0) is 13.2 Å². The molecule has 5 heteroatoms. The van der Waals surface area contributed by atoms with Crippen LogP contribution in [0.25, 0.3) is 0 Å². The zero-order valence-electron chi connectivity index (χ0n) is 10.2. The van der Waals surface area contributed by atoms with Crippen LogP contribution in [0.5, 0.6) is 0 Å². The predicted molar refractivity (Wildman–Crippen MR) is 70.9 cm³/mol. The molecule has 0 saturated heterocycles. The number of carboxylic acid groups (broad SMARTS) is 1. The number of anilines is 1. The molecule has 1 aromatic carbocycles. The molecule has 2 aromatic rings. The maximum atomic E-state index is 11.0. The van der Waals surface area contributed by atoms with E-state index in [0.29, 0.717) is 12.2 Å². The molecule has 0 atom stereocenters. The van der Waals surface area contributed by atoms with Gasteiger partial charge in [-0.3, -0.25) is 4.98 Å². The van der Waals surface area contributed by atoms with Crippen molar-refractivity contribution >= 4 is 11.7 Å². The maximum absolute atomic E-state index is 11.0. The Morgan fingerprint density at radius 2 is 2.05 bits per heavy atom. The molecule has 0 aliphatic heterocycles. The van der Waals surface area contributed by atoms with Crippen LogP contribution in [0, 0.1) is 0 Å². The van der Waals surface area contributed by atoms with Gasteiger partial charge in [0.2, 0.25) is 0 Å². The zero-order valence-corrected chi connectivity index (χ0v) is 10.2. The van der Waals surface area contributed by atoms with Crippen molar-refractivity contribution in [3.8, 4) is 0 Å². The lowest BCUT2D eigenvalue weighted by molar-refractivity contribution is 0.0698. The van der Waals surface area contributed by atoms with Crippen LogP contribution in [0.2, 0.25) is 0 Å². The third-order valence-electron chi connectivity index (χ3n) is 2.71. The number of aromatic carboxylic acids is 1. The normalized spacial score (nSPS) is 10.2. The van der Waals surface area contributed by atoms with Gasteiger partial charge in [-0.15, -0.1) is 0 Å². The minimum Gasteiger partial charge on any atom is -0.478 e. The van der Waals surface area contributed by atoms with Crippen LogP contribution in [0.15, 0.2) is 42.7 Å². The topological polar surface area (TPSA) is 82.5 Å². The van der Waals surface area contributed by atoms with E-state index in [4.69, 9.17) is 10.2 Å². The van der Waals surface area contributed by atoms with Gasteiger partial charge in [-0.2, -0.15) is 0 Å². The molecule has 3 N–H and O–H groups in total. The summed E-state index contributed by atoms with van der Waals surface area (Å²) in [6.07, 6.45) is 2.93. The van der Waals surface area contributed by atoms with Gasteiger partial charge in [-0.1, -0.05) is 24.3 Å². The molecule has 1 aromatic heterocycles. The molecule has 1 heterocycles. The maximum Gasteiger partial charge on any atom is 0.337 e. The Bertz CT molecular complexity index is 584. The van der Waals surface area contributed by atoms with Crippen molar-refractivity contribution in [1.29, 1.82) is 0 Å². The SMILES string of the molecule is O=C(O)c1ccncc1NCc1cccc(CO)c1. The number of aliphatic hydroxyl groups excluding tert-OH is 1. The third kappa shape index (κ3) is 3.29. The number of carbonyl (C=O) groups is 1. The summed E-state index contributed by atoms with van der Waals surface area (Å²) in [4.78, 5) is 14.9. The molecule has 0 aliphatic rings. The second kappa shape index (κ2) is 5.97. The molecule has 0 amide bonds. The number of hydrogen-bond donors (Lipinski definition) is 3. The fraction of sp³-hybridized carbons (Fsp3) is 0.143. The summed E-state index contributed by atoms with van der Waals surface area (Å²) in [6.45, 7) is 0.459. The highest BCUT2D eigenvalue weighted by molar-refractivity contribution is 5.93. The minimum absolute atomic E-state index is 0.0128. The van der Waals surface area contributed by atoms with Crippen LogP contribution in [0.4, 0.5) is 5.69 Å². The van der Waals surface area contributed by atoms with Gasteiger partial charge in [0.1, 0.15) is 0 Å². The van der Waals surface area contributed by atoms with Crippen molar-refractivity contribution in [3.05, 3.63) is 59.4 Å². The van der Waals surface area contributed by atoms with Crippen molar-refractivity contribution in [2.45, 2.75) is 13.2 Å². The first kappa shape index (κ1) is 13.0. The van der Waals surface area contributed by atoms with Crippen molar-refractivity contribution in [1.82, 2.24) is 4.98 Å². The van der Waals surface area contributed by atoms with Gasteiger partial charge >= 0.3 is 5.97 Å². The Kier molecular flexibility index (Phi) is 4.10. The first-order valence-electron chi connectivity index (χ1n) is 5.80. The van der Waals surface area contributed by atoms with Crippen LogP contribution >= 0.6 is 0 Å². The average Bonchev–Trinajstić information content (AvgIpc) is 2.45. The van der Waals surface area contributed by atoms with Crippen molar-refractivity contribution in [3.63, 3.8) is 0 Å². The van der Waals surface area contributed by atoms with E-state index < -0.39 is 5.97 Å². The van der Waals surface area contributed by atoms with E-state index in [9.17, 15) is 4.79 Å². The Morgan fingerprint density at radius 3 is 2.79 bits per heavy atom. The second-order valence-corrected chi connectivity index (χ2v) is 4.06. The fourth-order valence-corrected chi connectivity index (χ4v) is 1.76. The van der Waals surface area contributed by atoms with Crippen molar-refractivity contribution < 1.29 is 15.0 Å². The number of aromatic nitrogens is 1. The summed E-state index contributed by atoms with van der Waals surface area (Å²) >= 11 is 0. The first-order valence-corrected chi connectivity index (χ1v) is 5.80. The van der Waals surface area contributed by atoms with Crippen LogP contribution < -0.4 is 5.32 Å².